The first-order valence-corrected chi connectivity index (χ1v) is 9.90. The average molecular weight is 471 g/mol. The van der Waals surface area contributed by atoms with Crippen LogP contribution in [0.4, 0.5) is 0 Å². The van der Waals surface area contributed by atoms with Gasteiger partial charge in [-0.3, -0.25) is 14.5 Å². The number of carbonyl (C=O) groups excluding carboxylic acids is 2. The number of rotatable bonds is 6. The van der Waals surface area contributed by atoms with E-state index in [4.69, 9.17) is 5.73 Å². The maximum atomic E-state index is 12.9. The third-order valence-electron chi connectivity index (χ3n) is 5.84. The Kier molecular flexibility index (Phi) is 6.79. The second-order valence-corrected chi connectivity index (χ2v) is 8.59. The first-order valence-electron chi connectivity index (χ1n) is 9.10. The standard InChI is InChI=1S/C20H27BrN2O6/c1-5-13(21)9(2)6-10-7-12-15(23(3)4)16(25)14(19(22)28)18(27)20(12,29)17(26)11(10)8-24/h5,10,12,15,24,26-27,29H,1,6-8H2,2-4H3,(H2,22,28)/b13-9-/t10-,12-,15-,20-/m0/s1. The molecule has 9 heteroatoms. The van der Waals surface area contributed by atoms with Crippen molar-refractivity contribution in [1.82, 2.24) is 4.90 Å². The summed E-state index contributed by atoms with van der Waals surface area (Å²) >= 11 is 3.39. The number of amides is 1. The molecule has 0 aromatic heterocycles. The number of aliphatic hydroxyl groups excluding tert-OH is 3. The highest BCUT2D eigenvalue weighted by atomic mass is 79.9. The maximum Gasteiger partial charge on any atom is 0.255 e. The summed E-state index contributed by atoms with van der Waals surface area (Å²) in [4.78, 5) is 26.2. The summed E-state index contributed by atoms with van der Waals surface area (Å²) in [6, 6.07) is -1.00. The number of carbonyl (C=O) groups is 2. The molecule has 1 amide bonds. The number of hydrogen-bond acceptors (Lipinski definition) is 7. The summed E-state index contributed by atoms with van der Waals surface area (Å²) in [6.07, 6.45) is 2.22. The SMILES string of the molecule is C=C/C(Br)=C(\C)C[C@H]1C[C@H]2[C@H](N(C)C)C(=O)C(C(N)=O)=C(O)[C@@]2(O)C(O)=C1CO. The molecule has 2 aliphatic carbocycles. The molecular weight excluding hydrogens is 444 g/mol. The lowest BCUT2D eigenvalue weighted by atomic mass is 9.61. The molecule has 0 heterocycles. The van der Waals surface area contributed by atoms with Gasteiger partial charge in [-0.25, -0.2) is 0 Å². The van der Waals surface area contributed by atoms with Gasteiger partial charge in [-0.2, -0.15) is 0 Å². The van der Waals surface area contributed by atoms with Crippen LogP contribution in [0.2, 0.25) is 0 Å². The number of hydrogen-bond donors (Lipinski definition) is 5. The molecule has 0 unspecified atom stereocenters. The molecule has 29 heavy (non-hydrogen) atoms. The van der Waals surface area contributed by atoms with Crippen molar-refractivity contribution < 1.29 is 30.0 Å². The second-order valence-electron chi connectivity index (χ2n) is 7.73. The van der Waals surface area contributed by atoms with Crippen LogP contribution in [0.1, 0.15) is 19.8 Å². The van der Waals surface area contributed by atoms with Gasteiger partial charge in [0.25, 0.3) is 5.91 Å². The molecule has 0 aromatic carbocycles. The molecule has 6 N–H and O–H groups in total. The number of allylic oxidation sites excluding steroid dienone is 3. The molecule has 0 spiro atoms. The van der Waals surface area contributed by atoms with Crippen LogP contribution in [0.25, 0.3) is 0 Å². The fourth-order valence-corrected chi connectivity index (χ4v) is 4.56. The molecule has 2 aliphatic rings. The fourth-order valence-electron chi connectivity index (χ4n) is 4.40. The number of likely N-dealkylation sites (N-methyl/N-ethyl adjacent to an activating group) is 1. The molecule has 0 bridgehead atoms. The molecule has 0 fully saturated rings. The van der Waals surface area contributed by atoms with E-state index in [1.165, 1.54) is 4.90 Å². The lowest BCUT2D eigenvalue weighted by Gasteiger charge is -2.49. The summed E-state index contributed by atoms with van der Waals surface area (Å²) < 4.78 is 0.762. The molecule has 8 nitrogen and oxygen atoms in total. The molecule has 0 saturated heterocycles. The van der Waals surface area contributed by atoms with Crippen LogP contribution < -0.4 is 5.73 Å². The van der Waals surface area contributed by atoms with E-state index in [0.29, 0.717) is 6.42 Å². The zero-order chi connectivity index (χ0) is 22.3. The average Bonchev–Trinajstić information content (AvgIpc) is 2.63. The van der Waals surface area contributed by atoms with Gasteiger partial charge in [-0.1, -0.05) is 34.2 Å². The first-order chi connectivity index (χ1) is 13.4. The van der Waals surface area contributed by atoms with Crippen LogP contribution >= 0.6 is 15.9 Å². The monoisotopic (exact) mass is 470 g/mol. The summed E-state index contributed by atoms with van der Waals surface area (Å²) in [7, 11) is 3.20. The lowest BCUT2D eigenvalue weighted by molar-refractivity contribution is -0.136. The normalized spacial score (nSPS) is 31.0. The number of halogens is 1. The quantitative estimate of drug-likeness (QED) is 0.289. The van der Waals surface area contributed by atoms with Crippen molar-refractivity contribution in [1.29, 1.82) is 0 Å². The van der Waals surface area contributed by atoms with Crippen LogP contribution in [0.3, 0.4) is 0 Å². The Morgan fingerprint density at radius 1 is 1.38 bits per heavy atom. The van der Waals surface area contributed by atoms with E-state index in [-0.39, 0.29) is 12.0 Å². The van der Waals surface area contributed by atoms with Gasteiger partial charge in [0, 0.05) is 10.4 Å². The second kappa shape index (κ2) is 8.43. The Morgan fingerprint density at radius 3 is 2.41 bits per heavy atom. The Balaban J connectivity index is 2.74. The highest BCUT2D eigenvalue weighted by Crippen LogP contribution is 2.50. The summed E-state index contributed by atoms with van der Waals surface area (Å²) in [5.74, 6) is -4.90. The zero-order valence-electron chi connectivity index (χ0n) is 16.6. The van der Waals surface area contributed by atoms with Crippen molar-refractivity contribution in [3.63, 3.8) is 0 Å². The highest BCUT2D eigenvalue weighted by Gasteiger charge is 2.60. The molecular formula is C20H27BrN2O6. The van der Waals surface area contributed by atoms with Crippen LogP contribution in [-0.2, 0) is 9.59 Å². The van der Waals surface area contributed by atoms with Gasteiger partial charge in [-0.05, 0) is 45.4 Å². The van der Waals surface area contributed by atoms with Crippen LogP contribution in [0.5, 0.6) is 0 Å². The topological polar surface area (TPSA) is 144 Å². The van der Waals surface area contributed by atoms with Crippen LogP contribution in [-0.4, -0.2) is 69.4 Å². The van der Waals surface area contributed by atoms with Gasteiger partial charge >= 0.3 is 0 Å². The molecule has 0 radical (unpaired) electrons. The Labute approximate surface area is 177 Å². The predicted octanol–water partition coefficient (Wildman–Crippen LogP) is 1.21. The zero-order valence-corrected chi connectivity index (χ0v) is 18.2. The minimum atomic E-state index is -2.39. The minimum Gasteiger partial charge on any atom is -0.509 e. The number of primary amides is 1. The van der Waals surface area contributed by atoms with E-state index in [9.17, 15) is 30.0 Å². The van der Waals surface area contributed by atoms with Crippen molar-refractivity contribution in [3.05, 3.63) is 45.4 Å². The van der Waals surface area contributed by atoms with Crippen LogP contribution in [0, 0.1) is 11.8 Å². The van der Waals surface area contributed by atoms with E-state index in [2.05, 4.69) is 22.5 Å². The number of nitrogens with zero attached hydrogens (tertiary/aromatic N) is 1. The summed E-state index contributed by atoms with van der Waals surface area (Å²) in [5.41, 5.74) is 3.17. The first kappa shape index (κ1) is 23.3. The third-order valence-corrected chi connectivity index (χ3v) is 6.84. The van der Waals surface area contributed by atoms with Crippen molar-refractivity contribution >= 4 is 27.6 Å². The van der Waals surface area contributed by atoms with Gasteiger partial charge in [0.15, 0.2) is 11.4 Å². The van der Waals surface area contributed by atoms with Crippen molar-refractivity contribution in [2.75, 3.05) is 20.7 Å². The highest BCUT2D eigenvalue weighted by molar-refractivity contribution is 9.11. The van der Waals surface area contributed by atoms with E-state index in [1.807, 2.05) is 6.92 Å². The van der Waals surface area contributed by atoms with E-state index >= 15 is 0 Å². The van der Waals surface area contributed by atoms with Gasteiger partial charge in [0.1, 0.15) is 17.1 Å². The van der Waals surface area contributed by atoms with E-state index in [1.54, 1.807) is 20.2 Å². The molecule has 0 aliphatic heterocycles. The summed E-state index contributed by atoms with van der Waals surface area (Å²) in [6.45, 7) is 4.99. The Bertz CT molecular complexity index is 844. The van der Waals surface area contributed by atoms with Gasteiger partial charge in [0.2, 0.25) is 0 Å². The van der Waals surface area contributed by atoms with Crippen molar-refractivity contribution in [2.24, 2.45) is 17.6 Å². The number of fused-ring (bicyclic) bond motifs is 1. The smallest absolute Gasteiger partial charge is 0.255 e. The Morgan fingerprint density at radius 2 is 1.97 bits per heavy atom. The van der Waals surface area contributed by atoms with Gasteiger partial charge in [0.05, 0.1) is 12.6 Å². The van der Waals surface area contributed by atoms with Crippen molar-refractivity contribution in [2.45, 2.75) is 31.4 Å². The van der Waals surface area contributed by atoms with E-state index in [0.717, 1.165) is 10.1 Å². The molecule has 160 valence electrons. The minimum absolute atomic E-state index is 0.134. The van der Waals surface area contributed by atoms with Gasteiger partial charge < -0.3 is 26.2 Å². The van der Waals surface area contributed by atoms with Crippen molar-refractivity contribution in [3.8, 4) is 0 Å². The van der Waals surface area contributed by atoms with Gasteiger partial charge in [-0.15, -0.1) is 0 Å². The fraction of sp³-hybridized carbons (Fsp3) is 0.500. The Hall–Kier alpha value is -1.94. The predicted molar refractivity (Wildman–Crippen MR) is 111 cm³/mol. The van der Waals surface area contributed by atoms with Crippen LogP contribution in [0.15, 0.2) is 45.4 Å². The number of nitrogens with two attached hydrogens (primary N) is 1. The largest absolute Gasteiger partial charge is 0.509 e. The molecule has 2 rings (SSSR count). The molecule has 4 atom stereocenters. The maximum absolute atomic E-state index is 12.9. The number of Topliss-reactive ketones (excluding diaryl/α,β-unsaturated/α-hetero) is 1. The molecule has 0 saturated carbocycles. The van der Waals surface area contributed by atoms with E-state index < -0.39 is 58.9 Å². The molecule has 0 aromatic rings. The summed E-state index contributed by atoms with van der Waals surface area (Å²) in [5, 5.41) is 42.8. The third kappa shape index (κ3) is 3.68. The number of aliphatic hydroxyl groups is 4. The lowest BCUT2D eigenvalue weighted by Crippen LogP contribution is -2.62. The number of ketones is 1.